The van der Waals surface area contributed by atoms with Gasteiger partial charge in [-0.1, -0.05) is 20.3 Å². The Labute approximate surface area is 273 Å². The molecular weight excluding hydrogens is 770 g/mol. The van der Waals surface area contributed by atoms with Gasteiger partial charge in [-0.15, -0.1) is 11.3 Å². The maximum atomic E-state index is 13.2. The second kappa shape index (κ2) is 18.7. The molecule has 3 N–H and O–H groups in total. The number of nitrogens with zero attached hydrogens (tertiary/aromatic N) is 4. The summed E-state index contributed by atoms with van der Waals surface area (Å²) in [7, 11) is 1.73. The molecule has 0 unspecified atom stereocenters. The number of likely N-dealkylation sites (tertiary alicyclic amines) is 1. The van der Waals surface area contributed by atoms with Crippen molar-refractivity contribution in [2.45, 2.75) is 87.5 Å². The van der Waals surface area contributed by atoms with E-state index in [9.17, 15) is 14.4 Å². The van der Waals surface area contributed by atoms with Crippen molar-refractivity contribution in [2.24, 2.45) is 0 Å². The van der Waals surface area contributed by atoms with Gasteiger partial charge in [-0.05, 0) is 12.8 Å². The standard InChI is InChI=1S/C28H44N7O4S2.Pb/c1-20(2)26-32-22(18-40-26)16-34(4)27(37)33-24(10-14-35-12-6-5-7-13-35)25(36)30-11-8-9-21(3)31-28(38)39-17-23-15-29-19-41-23;/h15,18-21,24H,3,5-14,16-17H2,1-2,4H3,(H,30,36)(H,31,38)(H,33,37);/t21-,24-;/m0./s1. The smallest absolute Gasteiger partial charge is 0.0160 e. The molecule has 42 heavy (non-hydrogen) atoms. The van der Waals surface area contributed by atoms with Gasteiger partial charge in [0.15, 0.2) is 0 Å². The summed E-state index contributed by atoms with van der Waals surface area (Å²) in [5.74, 6) is 0.170. The molecule has 0 aliphatic carbocycles. The van der Waals surface area contributed by atoms with Crippen LogP contribution in [0.25, 0.3) is 0 Å². The number of thiazole rings is 2. The van der Waals surface area contributed by atoms with Gasteiger partial charge in [-0.3, -0.25) is 0 Å². The summed E-state index contributed by atoms with van der Waals surface area (Å²) in [6, 6.07) is -0.907. The Kier molecular flexibility index (Phi) is 15.5. The number of carbonyl (C=O) groups is 3. The summed E-state index contributed by atoms with van der Waals surface area (Å²) in [6.45, 7) is 8.10. The molecular formula is C28H44N7O4PbS2. The first-order valence-corrected chi connectivity index (χ1v) is 19.2. The van der Waals surface area contributed by atoms with E-state index in [4.69, 9.17) is 4.74 Å². The number of carbonyl (C=O) groups excluding carboxylic acids is 3. The van der Waals surface area contributed by atoms with Gasteiger partial charge >= 0.3 is 203 Å². The molecule has 1 fully saturated rings. The maximum absolute atomic E-state index is 13.2. The molecule has 11 nitrogen and oxygen atoms in total. The van der Waals surface area contributed by atoms with Gasteiger partial charge in [0.25, 0.3) is 0 Å². The predicted octanol–water partition coefficient (Wildman–Crippen LogP) is 3.89. The van der Waals surface area contributed by atoms with Gasteiger partial charge in [0.2, 0.25) is 0 Å². The zero-order valence-corrected chi connectivity index (χ0v) is 30.4. The van der Waals surface area contributed by atoms with Crippen molar-refractivity contribution in [2.75, 3.05) is 33.2 Å². The van der Waals surface area contributed by atoms with Crippen LogP contribution >= 0.6 is 22.7 Å². The summed E-state index contributed by atoms with van der Waals surface area (Å²) in [6.07, 6.45) is 6.84. The number of hydrogen-bond donors (Lipinski definition) is 3. The third kappa shape index (κ3) is 12.4. The molecule has 2 aromatic rings. The third-order valence-corrected chi connectivity index (χ3v) is 10.9. The molecule has 1 aliphatic heterocycles. The molecule has 231 valence electrons. The van der Waals surface area contributed by atoms with Crippen molar-refractivity contribution in [3.8, 4) is 0 Å². The molecule has 3 radical (unpaired) electrons. The number of rotatable bonds is 16. The third-order valence-electron chi connectivity index (χ3n) is 7.03. The first-order chi connectivity index (χ1) is 20.2. The van der Waals surface area contributed by atoms with E-state index in [1.54, 1.807) is 35.0 Å². The number of hydrogen-bond acceptors (Lipinski definition) is 9. The van der Waals surface area contributed by atoms with Crippen LogP contribution in [-0.4, -0.2) is 109 Å². The van der Waals surface area contributed by atoms with Crippen LogP contribution in [0.4, 0.5) is 9.59 Å². The van der Waals surface area contributed by atoms with Crippen molar-refractivity contribution >= 4 is 66.5 Å². The van der Waals surface area contributed by atoms with Gasteiger partial charge in [0, 0.05) is 11.3 Å². The number of alkyl carbamates (subject to hydrolysis) is 1. The summed E-state index contributed by atoms with van der Waals surface area (Å²) in [4.78, 5) is 52.0. The average Bonchev–Trinajstić information content (AvgIpc) is 3.68. The maximum Gasteiger partial charge on any atom is 0.0160 e. The van der Waals surface area contributed by atoms with E-state index >= 15 is 0 Å². The van der Waals surface area contributed by atoms with Crippen molar-refractivity contribution in [3.05, 3.63) is 32.7 Å². The first-order valence-electron chi connectivity index (χ1n) is 14.7. The Morgan fingerprint density at radius 2 is 1.93 bits per heavy atom. The fourth-order valence-electron chi connectivity index (χ4n) is 4.56. The minimum Gasteiger partial charge on any atom is -0.127 e. The molecule has 3 rings (SSSR count). The van der Waals surface area contributed by atoms with Crippen molar-refractivity contribution in [1.29, 1.82) is 0 Å². The van der Waals surface area contributed by atoms with E-state index in [2.05, 4.69) is 44.7 Å². The van der Waals surface area contributed by atoms with Gasteiger partial charge in [-0.25, -0.2) is 4.98 Å². The number of piperidine rings is 1. The number of nitrogens with one attached hydrogen (secondary N) is 3. The monoisotopic (exact) mass is 814 g/mol. The fraction of sp³-hybridized carbons (Fsp3) is 0.679. The summed E-state index contributed by atoms with van der Waals surface area (Å²) < 4.78 is 6.18. The molecule has 2 aromatic heterocycles. The second-order valence-electron chi connectivity index (χ2n) is 10.9. The number of aromatic nitrogens is 2. The molecule has 4 amide bonds. The molecule has 0 saturated carbocycles. The normalized spacial score (nSPS) is 15.2. The molecule has 0 aromatic carbocycles. The van der Waals surface area contributed by atoms with Crippen LogP contribution < -0.4 is 16.0 Å². The van der Waals surface area contributed by atoms with E-state index in [0.717, 1.165) is 71.4 Å². The van der Waals surface area contributed by atoms with Crippen molar-refractivity contribution in [3.63, 3.8) is 0 Å². The van der Waals surface area contributed by atoms with Crippen LogP contribution in [0, 0.1) is 0 Å². The summed E-state index contributed by atoms with van der Waals surface area (Å²) >= 11 is 3.99. The largest absolute Gasteiger partial charge is 0.127 e. The molecule has 2 atom stereocenters. The Bertz CT molecular complexity index is 1100. The zero-order chi connectivity index (χ0) is 30.3. The minimum absolute atomic E-state index is 0.00714. The average molecular weight is 814 g/mol. The van der Waals surface area contributed by atoms with E-state index in [-0.39, 0.29) is 24.6 Å². The van der Waals surface area contributed by atoms with Gasteiger partial charge in [0.1, 0.15) is 0 Å². The van der Waals surface area contributed by atoms with Crippen molar-refractivity contribution in [1.82, 2.24) is 35.7 Å². The van der Waals surface area contributed by atoms with Crippen LogP contribution in [0.1, 0.15) is 73.9 Å². The van der Waals surface area contributed by atoms with Crippen LogP contribution in [-0.2, 0) is 22.7 Å². The fourth-order valence-corrected chi connectivity index (χ4v) is 7.09. The molecule has 1 aliphatic rings. The predicted molar refractivity (Wildman–Crippen MR) is 167 cm³/mol. The Balaban J connectivity index is 1.46. The minimum atomic E-state index is -0.627. The Hall–Kier alpha value is -1.85. The summed E-state index contributed by atoms with van der Waals surface area (Å²) in [5, 5.41) is 12.0. The van der Waals surface area contributed by atoms with Crippen LogP contribution in [0.15, 0.2) is 17.1 Å². The van der Waals surface area contributed by atoms with E-state index in [0.29, 0.717) is 31.8 Å². The van der Waals surface area contributed by atoms with Gasteiger partial charge < -0.3 is 0 Å². The van der Waals surface area contributed by atoms with Crippen LogP contribution in [0.5, 0.6) is 0 Å². The first kappa shape index (κ1) is 34.6. The number of ether oxygens (including phenoxy) is 1. The van der Waals surface area contributed by atoms with Crippen molar-refractivity contribution < 1.29 is 19.1 Å². The van der Waals surface area contributed by atoms with E-state index < -0.39 is 12.1 Å². The molecule has 1 saturated heterocycles. The Morgan fingerprint density at radius 1 is 1.14 bits per heavy atom. The van der Waals surface area contributed by atoms with Crippen LogP contribution in [0.3, 0.4) is 0 Å². The van der Waals surface area contributed by atoms with Gasteiger partial charge in [-0.2, -0.15) is 0 Å². The van der Waals surface area contributed by atoms with Gasteiger partial charge in [0.05, 0.1) is 10.7 Å². The zero-order valence-electron chi connectivity index (χ0n) is 24.9. The molecule has 14 heteroatoms. The summed E-state index contributed by atoms with van der Waals surface area (Å²) in [5.41, 5.74) is 2.56. The molecule has 0 spiro atoms. The molecule has 3 heterocycles. The van der Waals surface area contributed by atoms with E-state index in [1.165, 1.54) is 30.6 Å². The van der Waals surface area contributed by atoms with Crippen LogP contribution in [0.2, 0.25) is 3.98 Å². The molecule has 0 bridgehead atoms. The number of urea groups is 1. The van der Waals surface area contributed by atoms with E-state index in [1.807, 2.05) is 5.38 Å². The number of amides is 4. The Morgan fingerprint density at radius 3 is 2.60 bits per heavy atom. The second-order valence-corrected chi connectivity index (χ2v) is 14.4. The topological polar surface area (TPSA) is 129 Å². The quantitative estimate of drug-likeness (QED) is 0.174. The SMILES string of the molecule is CC(C)c1nc(CN(C)C(=O)N[C@@H](CCN2CCCCC2)C(=O)NCCC[C@H]([CH2][Pb])NC(=O)OCc2cncs2)cs1.